The van der Waals surface area contributed by atoms with E-state index in [-0.39, 0.29) is 6.41 Å². The highest BCUT2D eigenvalue weighted by Gasteiger charge is 2.22. The minimum Gasteiger partial charge on any atom is -0.337 e. The number of nitrogens with zero attached hydrogens (tertiary/aromatic N) is 1. The molecule has 0 amide bonds. The average Bonchev–Trinajstić information content (AvgIpc) is 2.71. The van der Waals surface area contributed by atoms with Crippen molar-refractivity contribution in [2.75, 3.05) is 26.3 Å². The lowest BCUT2D eigenvalue weighted by Gasteiger charge is -2.26. The van der Waals surface area contributed by atoms with Crippen LogP contribution in [0.4, 0.5) is 0 Å². The van der Waals surface area contributed by atoms with Crippen molar-refractivity contribution >= 4 is 0 Å². The summed E-state index contributed by atoms with van der Waals surface area (Å²) in [4.78, 5) is 2.32. The van der Waals surface area contributed by atoms with Crippen molar-refractivity contribution in [3.8, 4) is 0 Å². The fourth-order valence-corrected chi connectivity index (χ4v) is 1.60. The molecule has 1 heterocycles. The molecule has 0 aromatic carbocycles. The quantitative estimate of drug-likeness (QED) is 0.630. The fourth-order valence-electron chi connectivity index (χ4n) is 1.60. The van der Waals surface area contributed by atoms with Crippen LogP contribution in [-0.2, 0) is 9.47 Å². The summed E-state index contributed by atoms with van der Waals surface area (Å²) >= 11 is 0. The molecule has 0 aliphatic carbocycles. The van der Waals surface area contributed by atoms with E-state index in [0.717, 1.165) is 26.3 Å². The molecule has 1 rings (SSSR count). The second-order valence-corrected chi connectivity index (χ2v) is 3.79. The summed E-state index contributed by atoms with van der Waals surface area (Å²) in [5, 5.41) is 0. The molecule has 1 aliphatic rings. The van der Waals surface area contributed by atoms with Gasteiger partial charge in [0.15, 0.2) is 0 Å². The van der Waals surface area contributed by atoms with Crippen molar-refractivity contribution < 1.29 is 9.47 Å². The van der Waals surface area contributed by atoms with Gasteiger partial charge in [0.05, 0.1) is 13.2 Å². The van der Waals surface area contributed by atoms with Gasteiger partial charge in [-0.25, -0.2) is 0 Å². The maximum atomic E-state index is 5.51. The monoisotopic (exact) mass is 201 g/mol. The molecular weight excluding hydrogens is 178 g/mol. The molecule has 0 atom stereocenters. The lowest BCUT2D eigenvalue weighted by molar-refractivity contribution is -0.152. The topological polar surface area (TPSA) is 21.7 Å². The largest absolute Gasteiger partial charge is 0.337 e. The van der Waals surface area contributed by atoms with Gasteiger partial charge in [-0.05, 0) is 12.8 Å². The zero-order chi connectivity index (χ0) is 10.2. The van der Waals surface area contributed by atoms with Crippen molar-refractivity contribution in [1.82, 2.24) is 4.90 Å². The molecule has 0 spiro atoms. The van der Waals surface area contributed by atoms with Gasteiger partial charge in [0, 0.05) is 13.1 Å². The summed E-state index contributed by atoms with van der Waals surface area (Å²) < 4.78 is 11.0. The van der Waals surface area contributed by atoms with Gasteiger partial charge >= 0.3 is 0 Å². The summed E-state index contributed by atoms with van der Waals surface area (Å²) in [5.74, 6) is 0. The molecule has 0 aromatic heterocycles. The first-order valence-corrected chi connectivity index (χ1v) is 5.85. The van der Waals surface area contributed by atoms with Crippen LogP contribution in [0.1, 0.15) is 39.5 Å². The van der Waals surface area contributed by atoms with E-state index in [1.807, 2.05) is 0 Å². The SMILES string of the molecule is CCCCN(CCCC)C1OCCO1. The molecular formula is C11H23NO2. The third-order valence-electron chi connectivity index (χ3n) is 2.50. The highest BCUT2D eigenvalue weighted by molar-refractivity contribution is 4.60. The van der Waals surface area contributed by atoms with E-state index in [9.17, 15) is 0 Å². The first-order chi connectivity index (χ1) is 6.88. The van der Waals surface area contributed by atoms with E-state index in [2.05, 4.69) is 18.7 Å². The van der Waals surface area contributed by atoms with Crippen LogP contribution in [0.5, 0.6) is 0 Å². The first kappa shape index (κ1) is 12.0. The Hall–Kier alpha value is -0.120. The number of hydrogen-bond donors (Lipinski definition) is 0. The molecule has 0 aromatic rings. The van der Waals surface area contributed by atoms with Crippen molar-refractivity contribution in [1.29, 1.82) is 0 Å². The Bertz CT molecular complexity index is 127. The molecule has 0 radical (unpaired) electrons. The van der Waals surface area contributed by atoms with Crippen molar-refractivity contribution in [3.05, 3.63) is 0 Å². The molecule has 1 saturated heterocycles. The van der Waals surface area contributed by atoms with E-state index in [4.69, 9.17) is 9.47 Å². The molecule has 0 saturated carbocycles. The Morgan fingerprint density at radius 3 is 1.93 bits per heavy atom. The zero-order valence-electron chi connectivity index (χ0n) is 9.50. The predicted molar refractivity (Wildman–Crippen MR) is 57.1 cm³/mol. The van der Waals surface area contributed by atoms with E-state index in [1.54, 1.807) is 0 Å². The molecule has 0 unspecified atom stereocenters. The Labute approximate surface area is 87.4 Å². The lowest BCUT2D eigenvalue weighted by atomic mass is 10.3. The third-order valence-corrected chi connectivity index (χ3v) is 2.50. The minimum absolute atomic E-state index is 0.0619. The van der Waals surface area contributed by atoms with Crippen LogP contribution in [0.3, 0.4) is 0 Å². The predicted octanol–water partition coefficient (Wildman–Crippen LogP) is 2.22. The van der Waals surface area contributed by atoms with Gasteiger partial charge in [0.25, 0.3) is 0 Å². The van der Waals surface area contributed by atoms with Gasteiger partial charge in [-0.3, -0.25) is 4.90 Å². The van der Waals surface area contributed by atoms with Crippen LogP contribution < -0.4 is 0 Å². The maximum absolute atomic E-state index is 5.51. The standard InChI is InChI=1S/C11H23NO2/c1-3-5-7-12(8-6-4-2)11-13-9-10-14-11/h11H,3-10H2,1-2H3. The number of hydrogen-bond acceptors (Lipinski definition) is 3. The summed E-state index contributed by atoms with van der Waals surface area (Å²) in [6.07, 6.45) is 4.86. The molecule has 1 fully saturated rings. The van der Waals surface area contributed by atoms with Crippen LogP contribution in [0.2, 0.25) is 0 Å². The van der Waals surface area contributed by atoms with Gasteiger partial charge in [-0.1, -0.05) is 26.7 Å². The minimum atomic E-state index is -0.0619. The van der Waals surface area contributed by atoms with E-state index in [0.29, 0.717) is 0 Å². The van der Waals surface area contributed by atoms with Gasteiger partial charge in [-0.15, -0.1) is 0 Å². The molecule has 14 heavy (non-hydrogen) atoms. The summed E-state index contributed by atoms with van der Waals surface area (Å²) in [7, 11) is 0. The van der Waals surface area contributed by atoms with Crippen molar-refractivity contribution in [2.24, 2.45) is 0 Å². The summed E-state index contributed by atoms with van der Waals surface area (Å²) in [5.41, 5.74) is 0. The highest BCUT2D eigenvalue weighted by atomic mass is 16.7. The molecule has 0 bridgehead atoms. The van der Waals surface area contributed by atoms with Crippen LogP contribution in [0.15, 0.2) is 0 Å². The second-order valence-electron chi connectivity index (χ2n) is 3.79. The zero-order valence-corrected chi connectivity index (χ0v) is 9.50. The van der Waals surface area contributed by atoms with Crippen molar-refractivity contribution in [2.45, 2.75) is 45.9 Å². The third kappa shape index (κ3) is 3.95. The van der Waals surface area contributed by atoms with Crippen molar-refractivity contribution in [3.63, 3.8) is 0 Å². The molecule has 3 heteroatoms. The summed E-state index contributed by atoms with van der Waals surface area (Å²) in [6, 6.07) is 0. The smallest absolute Gasteiger partial charge is 0.218 e. The highest BCUT2D eigenvalue weighted by Crippen LogP contribution is 2.12. The van der Waals surface area contributed by atoms with Gasteiger partial charge in [0.2, 0.25) is 6.41 Å². The Morgan fingerprint density at radius 2 is 1.50 bits per heavy atom. The Morgan fingerprint density at radius 1 is 1.00 bits per heavy atom. The number of rotatable bonds is 7. The average molecular weight is 201 g/mol. The van der Waals surface area contributed by atoms with E-state index >= 15 is 0 Å². The molecule has 1 aliphatic heterocycles. The van der Waals surface area contributed by atoms with Crippen LogP contribution in [0, 0.1) is 0 Å². The first-order valence-electron chi connectivity index (χ1n) is 5.85. The van der Waals surface area contributed by atoms with E-state index < -0.39 is 0 Å². The lowest BCUT2D eigenvalue weighted by Crippen LogP contribution is -2.37. The molecule has 0 N–H and O–H groups in total. The van der Waals surface area contributed by atoms with E-state index in [1.165, 1.54) is 25.7 Å². The Balaban J connectivity index is 2.26. The fraction of sp³-hybridized carbons (Fsp3) is 1.00. The van der Waals surface area contributed by atoms with Gasteiger partial charge in [0.1, 0.15) is 0 Å². The van der Waals surface area contributed by atoms with Crippen LogP contribution >= 0.6 is 0 Å². The normalized spacial score (nSPS) is 18.2. The molecule has 3 nitrogen and oxygen atoms in total. The van der Waals surface area contributed by atoms with Crippen LogP contribution in [0.25, 0.3) is 0 Å². The Kier molecular flexibility index (Phi) is 6.15. The maximum Gasteiger partial charge on any atom is 0.218 e. The number of unbranched alkanes of at least 4 members (excludes halogenated alkanes) is 2. The van der Waals surface area contributed by atoms with Crippen LogP contribution in [-0.4, -0.2) is 37.6 Å². The van der Waals surface area contributed by atoms with Gasteiger partial charge in [-0.2, -0.15) is 0 Å². The molecule has 84 valence electrons. The van der Waals surface area contributed by atoms with Gasteiger partial charge < -0.3 is 9.47 Å². The second kappa shape index (κ2) is 7.21. The summed E-state index contributed by atoms with van der Waals surface area (Å²) in [6.45, 7) is 8.13. The number of ether oxygens (including phenoxy) is 2.